The van der Waals surface area contributed by atoms with Crippen molar-refractivity contribution in [3.63, 3.8) is 0 Å². The third-order valence-corrected chi connectivity index (χ3v) is 6.81. The summed E-state index contributed by atoms with van der Waals surface area (Å²) >= 11 is -0.147. The molecule has 0 saturated carbocycles. The second kappa shape index (κ2) is 7.55. The van der Waals surface area contributed by atoms with Crippen LogP contribution in [0.15, 0.2) is 34.4 Å². The van der Waals surface area contributed by atoms with Crippen LogP contribution in [0.25, 0.3) is 0 Å². The molecule has 2 rings (SSSR count). The summed E-state index contributed by atoms with van der Waals surface area (Å²) in [5.74, 6) is 0. The van der Waals surface area contributed by atoms with Gasteiger partial charge < -0.3 is 24.8 Å². The van der Waals surface area contributed by atoms with Crippen LogP contribution in [-0.4, -0.2) is 18.6 Å². The Morgan fingerprint density at radius 1 is 1.24 bits per heavy atom. The van der Waals surface area contributed by atoms with Crippen LogP contribution in [0, 0.1) is 6.92 Å². The summed E-state index contributed by atoms with van der Waals surface area (Å²) in [6, 6.07) is 2.17. The summed E-state index contributed by atoms with van der Waals surface area (Å²) in [5.41, 5.74) is 1.42. The van der Waals surface area contributed by atoms with Crippen LogP contribution in [0.4, 0.5) is 0 Å². The molecule has 1 heterocycles. The Labute approximate surface area is 126 Å². The topological polar surface area (TPSA) is 15.8 Å². The van der Waals surface area contributed by atoms with E-state index in [0.717, 1.165) is 0 Å². The van der Waals surface area contributed by atoms with Crippen molar-refractivity contribution in [3.05, 3.63) is 39.9 Å². The van der Waals surface area contributed by atoms with Crippen LogP contribution >= 0.6 is 0 Å². The van der Waals surface area contributed by atoms with Gasteiger partial charge in [-0.3, -0.25) is 0 Å². The molecular weight excluding hydrogens is 305 g/mol. The van der Waals surface area contributed by atoms with Crippen molar-refractivity contribution in [3.8, 4) is 0 Å². The van der Waals surface area contributed by atoms with E-state index in [1.165, 1.54) is 9.56 Å². The number of nitrogens with one attached hydrogen (secondary N) is 1. The maximum absolute atomic E-state index is 3.38. The van der Waals surface area contributed by atoms with E-state index < -0.39 is 0 Å². The van der Waals surface area contributed by atoms with Crippen molar-refractivity contribution in [2.24, 2.45) is 0 Å². The molecule has 0 atom stereocenters. The number of aryl methyl sites for hydroxylation is 1. The van der Waals surface area contributed by atoms with Gasteiger partial charge >= 0.3 is 102 Å². The van der Waals surface area contributed by atoms with E-state index in [1.54, 1.807) is 9.05 Å². The number of rotatable bonds is 2. The molecule has 0 fully saturated rings. The molecule has 1 aromatic heterocycles. The third-order valence-electron chi connectivity index (χ3n) is 2.57. The van der Waals surface area contributed by atoms with E-state index in [4.69, 9.17) is 0 Å². The van der Waals surface area contributed by atoms with Gasteiger partial charge in [-0.05, 0) is 0 Å². The maximum Gasteiger partial charge on any atom is -1.00 e. The summed E-state index contributed by atoms with van der Waals surface area (Å²) in [5, 5.41) is 1.63. The fourth-order valence-corrected chi connectivity index (χ4v) is 5.88. The monoisotopic (exact) mass is 319 g/mol. The number of H-pyrrole nitrogens is 1. The van der Waals surface area contributed by atoms with E-state index >= 15 is 0 Å². The van der Waals surface area contributed by atoms with Gasteiger partial charge in [-0.25, -0.2) is 0 Å². The zero-order valence-corrected chi connectivity index (χ0v) is 14.2. The number of hydrogen-bond acceptors (Lipinski definition) is 0. The van der Waals surface area contributed by atoms with Gasteiger partial charge in [0, 0.05) is 0 Å². The number of halogens is 2. The van der Waals surface area contributed by atoms with Crippen LogP contribution in [0.2, 0.25) is 13.1 Å². The standard InChI is InChI=1S/C7H9Si.C5H6N.2ClH.Ti/c1-8(2)7-5-3-4-6-7;1-5-2-3-6-4-5;;;/h3-5H,1-2H3;2-3,6H,1H3;2*1H;/q;;;;+2/p-2. The van der Waals surface area contributed by atoms with Crippen LogP contribution in [0.3, 0.4) is 0 Å². The van der Waals surface area contributed by atoms with Crippen molar-refractivity contribution < 1.29 is 44.0 Å². The predicted octanol–water partition coefficient (Wildman–Crippen LogP) is -4.00. The Hall–Kier alpha value is 0.141. The van der Waals surface area contributed by atoms with Gasteiger partial charge in [0.15, 0.2) is 0 Å². The molecule has 0 amide bonds. The summed E-state index contributed by atoms with van der Waals surface area (Å²) in [6.45, 7) is 6.94. The van der Waals surface area contributed by atoms with Crippen LogP contribution < -0.4 is 28.8 Å². The number of aromatic nitrogens is 1. The smallest absolute Gasteiger partial charge is 1.00 e. The molecule has 1 aliphatic carbocycles. The Balaban J connectivity index is 0.00000128. The fourth-order valence-electron chi connectivity index (χ4n) is 1.68. The van der Waals surface area contributed by atoms with Crippen molar-refractivity contribution in [1.82, 2.24) is 4.98 Å². The first-order chi connectivity index (χ1) is 7.18. The summed E-state index contributed by atoms with van der Waals surface area (Å²) in [7, 11) is -0.297. The minimum absolute atomic E-state index is 0. The third kappa shape index (κ3) is 4.08. The molecule has 0 bridgehead atoms. The van der Waals surface area contributed by atoms with Crippen LogP contribution in [0.1, 0.15) is 5.56 Å². The maximum atomic E-state index is 3.38. The zero-order chi connectivity index (χ0) is 10.8. The van der Waals surface area contributed by atoms with Crippen molar-refractivity contribution >= 4 is 17.6 Å². The number of allylic oxidation sites excluding steroid dienone is 4. The molecule has 0 aliphatic heterocycles. The summed E-state index contributed by atoms with van der Waals surface area (Å²) < 4.78 is 3.10. The Morgan fingerprint density at radius 2 is 1.94 bits per heavy atom. The minimum Gasteiger partial charge on any atom is -1.00 e. The fraction of sp³-hybridized carbons (Fsp3) is 0.250. The summed E-state index contributed by atoms with van der Waals surface area (Å²) in [6.07, 6.45) is 8.89. The average molecular weight is 320 g/mol. The van der Waals surface area contributed by atoms with Gasteiger partial charge in [-0.1, -0.05) is 0 Å². The van der Waals surface area contributed by atoms with Gasteiger partial charge in [0.05, 0.1) is 0 Å². The van der Waals surface area contributed by atoms with Gasteiger partial charge in [-0.15, -0.1) is 0 Å². The first-order valence-electron chi connectivity index (χ1n) is 5.15. The Bertz CT molecular complexity index is 471. The molecule has 90 valence electrons. The molecule has 1 aromatic rings. The summed E-state index contributed by atoms with van der Waals surface area (Å²) in [4.78, 5) is 3.38. The SMILES string of the molecule is Cc1cc[nH][c]1[Ti+2][C]1=CC=CC1=[Si](C)C.[Cl-].[Cl-]. The quantitative estimate of drug-likeness (QED) is 0.535. The van der Waals surface area contributed by atoms with E-state index in [9.17, 15) is 0 Å². The molecule has 0 saturated heterocycles. The zero-order valence-electron chi connectivity index (χ0n) is 10.1. The van der Waals surface area contributed by atoms with Crippen molar-refractivity contribution in [1.29, 1.82) is 0 Å². The molecular formula is C12H15Cl2NSiTi. The van der Waals surface area contributed by atoms with E-state index in [2.05, 4.69) is 55.5 Å². The van der Waals surface area contributed by atoms with E-state index in [1.807, 2.05) is 0 Å². The van der Waals surface area contributed by atoms with E-state index in [0.29, 0.717) is 0 Å². The van der Waals surface area contributed by atoms with Gasteiger partial charge in [0.25, 0.3) is 0 Å². The molecule has 0 aromatic carbocycles. The Kier molecular flexibility index (Phi) is 7.61. The molecule has 5 heteroatoms. The first kappa shape index (κ1) is 17.1. The van der Waals surface area contributed by atoms with Crippen LogP contribution in [-0.2, 0) is 19.2 Å². The van der Waals surface area contributed by atoms with Gasteiger partial charge in [0.1, 0.15) is 0 Å². The minimum atomic E-state index is -0.297. The molecule has 0 unspecified atom stereocenters. The molecule has 0 radical (unpaired) electrons. The van der Waals surface area contributed by atoms with Gasteiger partial charge in [-0.2, -0.15) is 0 Å². The second-order valence-corrected chi connectivity index (χ2v) is 8.56. The predicted molar refractivity (Wildman–Crippen MR) is 64.9 cm³/mol. The second-order valence-electron chi connectivity index (χ2n) is 4.01. The molecule has 0 spiro atoms. The average Bonchev–Trinajstić information content (AvgIpc) is 2.77. The van der Waals surface area contributed by atoms with Crippen molar-refractivity contribution in [2.45, 2.75) is 20.0 Å². The van der Waals surface area contributed by atoms with Gasteiger partial charge in [0.2, 0.25) is 0 Å². The Morgan fingerprint density at radius 3 is 2.47 bits per heavy atom. The molecule has 1 aliphatic rings. The van der Waals surface area contributed by atoms with Crippen LogP contribution in [0.5, 0.6) is 0 Å². The molecule has 1 N–H and O–H groups in total. The number of hydrogen-bond donors (Lipinski definition) is 1. The normalized spacial score (nSPS) is 12.4. The molecule has 17 heavy (non-hydrogen) atoms. The first-order valence-corrected chi connectivity index (χ1v) is 9.22. The van der Waals surface area contributed by atoms with Crippen molar-refractivity contribution in [2.75, 3.05) is 0 Å². The van der Waals surface area contributed by atoms with E-state index in [-0.39, 0.29) is 52.4 Å². The number of aromatic amines is 1. The molecule has 1 nitrogen and oxygen atoms in total. The largest absolute Gasteiger partial charge is 1.00 e.